The molecule has 1 saturated heterocycles. The van der Waals surface area contributed by atoms with E-state index in [4.69, 9.17) is 0 Å². The lowest BCUT2D eigenvalue weighted by Crippen LogP contribution is -2.46. The second-order valence-electron chi connectivity index (χ2n) is 8.19. The Morgan fingerprint density at radius 1 is 0.935 bits per heavy atom. The van der Waals surface area contributed by atoms with Crippen LogP contribution in [0.3, 0.4) is 0 Å². The number of rotatable bonds is 4. The molecule has 2 fully saturated rings. The molecule has 3 aromatic rings. The van der Waals surface area contributed by atoms with Gasteiger partial charge in [-0.1, -0.05) is 12.8 Å². The fourth-order valence-corrected chi connectivity index (χ4v) is 4.41. The van der Waals surface area contributed by atoms with E-state index >= 15 is 0 Å². The number of nitrogens with zero attached hydrogens (tertiary/aromatic N) is 5. The number of carbonyl (C=O) groups excluding carboxylic acids is 1. The lowest BCUT2D eigenvalue weighted by molar-refractivity contribution is 0.248. The lowest BCUT2D eigenvalue weighted by atomic mass is 10.2. The minimum absolute atomic E-state index is 0.186. The van der Waals surface area contributed by atoms with E-state index in [1.807, 2.05) is 24.5 Å². The van der Waals surface area contributed by atoms with E-state index in [-0.39, 0.29) is 12.1 Å². The maximum Gasteiger partial charge on any atom is 0.320 e. The maximum atomic E-state index is 12.3. The lowest BCUT2D eigenvalue weighted by Gasteiger charge is -2.37. The summed E-state index contributed by atoms with van der Waals surface area (Å²) >= 11 is 0. The van der Waals surface area contributed by atoms with Gasteiger partial charge in [0.1, 0.15) is 5.82 Å². The molecule has 2 amide bonds. The molecular weight excluding hydrogens is 390 g/mol. The molecule has 2 N–H and O–H groups in total. The molecule has 0 radical (unpaired) electrons. The van der Waals surface area contributed by atoms with Gasteiger partial charge in [0.05, 0.1) is 34.8 Å². The highest BCUT2D eigenvalue weighted by Crippen LogP contribution is 2.23. The largest absolute Gasteiger partial charge is 0.367 e. The molecule has 5 rings (SSSR count). The highest BCUT2D eigenvalue weighted by molar-refractivity contribution is 5.90. The molecule has 3 aromatic heterocycles. The van der Waals surface area contributed by atoms with Gasteiger partial charge in [0.15, 0.2) is 0 Å². The van der Waals surface area contributed by atoms with Crippen molar-refractivity contribution in [3.63, 3.8) is 0 Å². The van der Waals surface area contributed by atoms with Crippen molar-refractivity contribution in [2.45, 2.75) is 31.7 Å². The topological polar surface area (TPSA) is 86.3 Å². The van der Waals surface area contributed by atoms with Crippen LogP contribution >= 0.6 is 0 Å². The van der Waals surface area contributed by atoms with Crippen LogP contribution in [-0.4, -0.2) is 53.2 Å². The van der Waals surface area contributed by atoms with Gasteiger partial charge in [-0.05, 0) is 43.2 Å². The molecule has 8 heteroatoms. The summed E-state index contributed by atoms with van der Waals surface area (Å²) in [6, 6.07) is 9.92. The molecule has 1 saturated carbocycles. The zero-order valence-electron chi connectivity index (χ0n) is 17.5. The van der Waals surface area contributed by atoms with Crippen LogP contribution in [0.2, 0.25) is 0 Å². The van der Waals surface area contributed by atoms with E-state index in [0.29, 0.717) is 5.82 Å². The third-order valence-corrected chi connectivity index (χ3v) is 6.11. The van der Waals surface area contributed by atoms with E-state index < -0.39 is 0 Å². The monoisotopic (exact) mass is 417 g/mol. The molecule has 0 unspecified atom stereocenters. The third kappa shape index (κ3) is 4.52. The van der Waals surface area contributed by atoms with Gasteiger partial charge >= 0.3 is 6.03 Å². The summed E-state index contributed by atoms with van der Waals surface area (Å²) in [4.78, 5) is 30.4. The Hall–Kier alpha value is -3.42. The van der Waals surface area contributed by atoms with Crippen molar-refractivity contribution in [2.24, 2.45) is 0 Å². The number of aromatic nitrogens is 3. The van der Waals surface area contributed by atoms with Crippen LogP contribution in [0.25, 0.3) is 11.0 Å². The zero-order valence-corrected chi connectivity index (χ0v) is 17.5. The second kappa shape index (κ2) is 8.75. The molecule has 0 aromatic carbocycles. The third-order valence-electron chi connectivity index (χ3n) is 6.11. The van der Waals surface area contributed by atoms with Crippen LogP contribution in [0, 0.1) is 0 Å². The Bertz CT molecular complexity index is 1040. The number of piperazine rings is 1. The molecule has 1 aliphatic heterocycles. The van der Waals surface area contributed by atoms with Crippen LogP contribution in [0.1, 0.15) is 25.7 Å². The van der Waals surface area contributed by atoms with Crippen molar-refractivity contribution in [2.75, 3.05) is 41.3 Å². The van der Waals surface area contributed by atoms with Crippen molar-refractivity contribution in [1.29, 1.82) is 0 Å². The number of anilines is 3. The fourth-order valence-electron chi connectivity index (χ4n) is 4.41. The van der Waals surface area contributed by atoms with Crippen LogP contribution in [0.4, 0.5) is 22.0 Å². The number of fused-ring (bicyclic) bond motifs is 1. The van der Waals surface area contributed by atoms with Crippen molar-refractivity contribution in [1.82, 2.24) is 20.3 Å². The Morgan fingerprint density at radius 2 is 1.71 bits per heavy atom. The highest BCUT2D eigenvalue weighted by atomic mass is 16.2. The fraction of sp³-hybridized carbons (Fsp3) is 0.391. The normalized spacial score (nSPS) is 17.2. The predicted octanol–water partition coefficient (Wildman–Crippen LogP) is 3.42. The van der Waals surface area contributed by atoms with Gasteiger partial charge in [-0.25, -0.2) is 9.78 Å². The summed E-state index contributed by atoms with van der Waals surface area (Å²) in [7, 11) is 0. The predicted molar refractivity (Wildman–Crippen MR) is 123 cm³/mol. The van der Waals surface area contributed by atoms with Gasteiger partial charge in [0, 0.05) is 38.4 Å². The molecule has 0 atom stereocenters. The molecule has 8 nitrogen and oxygen atoms in total. The van der Waals surface area contributed by atoms with E-state index in [1.165, 1.54) is 12.8 Å². The van der Waals surface area contributed by atoms with Crippen LogP contribution in [0.15, 0.2) is 48.9 Å². The number of hydrogen-bond donors (Lipinski definition) is 2. The van der Waals surface area contributed by atoms with E-state index in [1.54, 1.807) is 12.3 Å². The van der Waals surface area contributed by atoms with Crippen molar-refractivity contribution < 1.29 is 4.79 Å². The van der Waals surface area contributed by atoms with E-state index in [9.17, 15) is 4.79 Å². The summed E-state index contributed by atoms with van der Waals surface area (Å²) in [5, 5.41) is 5.90. The molecule has 1 aliphatic carbocycles. The smallest absolute Gasteiger partial charge is 0.320 e. The highest BCUT2D eigenvalue weighted by Gasteiger charge is 2.19. The van der Waals surface area contributed by atoms with Crippen LogP contribution < -0.4 is 20.4 Å². The van der Waals surface area contributed by atoms with Gasteiger partial charge in [-0.15, -0.1) is 0 Å². The average Bonchev–Trinajstić information content (AvgIpc) is 3.32. The number of carbonyl (C=O) groups is 1. The molecular formula is C23H27N7O. The van der Waals surface area contributed by atoms with Crippen molar-refractivity contribution >= 4 is 34.3 Å². The number of pyridine rings is 3. The zero-order chi connectivity index (χ0) is 21.0. The van der Waals surface area contributed by atoms with E-state index in [2.05, 4.69) is 47.5 Å². The number of hydrogen-bond acceptors (Lipinski definition) is 6. The summed E-state index contributed by atoms with van der Waals surface area (Å²) in [6.07, 6.45) is 10.1. The summed E-state index contributed by atoms with van der Waals surface area (Å²) in [5.41, 5.74) is 3.82. The van der Waals surface area contributed by atoms with E-state index in [0.717, 1.165) is 61.4 Å². The maximum absolute atomic E-state index is 12.3. The number of nitrogens with one attached hydrogen (secondary N) is 2. The van der Waals surface area contributed by atoms with Crippen LogP contribution in [-0.2, 0) is 0 Å². The van der Waals surface area contributed by atoms with Crippen LogP contribution in [0.5, 0.6) is 0 Å². The first-order chi connectivity index (χ1) is 15.2. The Morgan fingerprint density at radius 3 is 2.45 bits per heavy atom. The average molecular weight is 418 g/mol. The minimum Gasteiger partial charge on any atom is -0.367 e. The van der Waals surface area contributed by atoms with Gasteiger partial charge in [0.2, 0.25) is 0 Å². The van der Waals surface area contributed by atoms with Gasteiger partial charge in [0.25, 0.3) is 0 Å². The minimum atomic E-state index is -0.186. The first-order valence-corrected chi connectivity index (χ1v) is 11.0. The molecule has 160 valence electrons. The molecule has 0 bridgehead atoms. The SMILES string of the molecule is O=C(Nc1ccc2ncc(N3CCN(c4cccnc4)CC3)cc2n1)NC1CCCC1. The van der Waals surface area contributed by atoms with Gasteiger partial charge in [-0.2, -0.15) is 0 Å². The standard InChI is InChI=1S/C23H27N7O/c31-23(26-17-4-1-2-5-17)28-22-8-7-20-21(27-22)14-19(16-25-20)30-12-10-29(11-13-30)18-6-3-9-24-15-18/h3,6-9,14-17H,1-2,4-5,10-13H2,(H2,26,27,28,31). The molecule has 0 spiro atoms. The Labute approximate surface area is 181 Å². The number of urea groups is 1. The van der Waals surface area contributed by atoms with Crippen molar-refractivity contribution in [3.8, 4) is 0 Å². The first kappa shape index (κ1) is 19.5. The Kier molecular flexibility index (Phi) is 5.52. The summed E-state index contributed by atoms with van der Waals surface area (Å²) in [6.45, 7) is 3.67. The van der Waals surface area contributed by atoms with Crippen molar-refractivity contribution in [3.05, 3.63) is 48.9 Å². The molecule has 31 heavy (non-hydrogen) atoms. The quantitative estimate of drug-likeness (QED) is 0.677. The Balaban J connectivity index is 1.25. The molecule has 4 heterocycles. The van der Waals surface area contributed by atoms with Gasteiger partial charge < -0.3 is 15.1 Å². The summed E-state index contributed by atoms with van der Waals surface area (Å²) < 4.78 is 0. The number of amides is 2. The second-order valence-corrected chi connectivity index (χ2v) is 8.19. The molecule has 2 aliphatic rings. The van der Waals surface area contributed by atoms with Gasteiger partial charge in [-0.3, -0.25) is 15.3 Å². The summed E-state index contributed by atoms with van der Waals surface area (Å²) in [5.74, 6) is 0.545. The first-order valence-electron chi connectivity index (χ1n) is 11.0.